The fourth-order valence-corrected chi connectivity index (χ4v) is 5.62. The molecule has 39 heavy (non-hydrogen) atoms. The first-order valence-corrected chi connectivity index (χ1v) is 14.1. The normalized spacial score (nSPS) is 12.3. The lowest BCUT2D eigenvalue weighted by Gasteiger charge is -2.24. The highest BCUT2D eigenvalue weighted by Gasteiger charge is 2.23. The van der Waals surface area contributed by atoms with Gasteiger partial charge in [0.2, 0.25) is 0 Å². The van der Waals surface area contributed by atoms with Crippen LogP contribution in [0.25, 0.3) is 44.0 Å². The van der Waals surface area contributed by atoms with Crippen molar-refractivity contribution in [1.82, 2.24) is 9.71 Å². The van der Waals surface area contributed by atoms with E-state index in [0.717, 1.165) is 44.0 Å². The molecule has 196 valence electrons. The fourth-order valence-electron chi connectivity index (χ4n) is 4.69. The van der Waals surface area contributed by atoms with Gasteiger partial charge in [0.25, 0.3) is 0 Å². The molecule has 0 radical (unpaired) electrons. The number of rotatable bonds is 5. The van der Waals surface area contributed by atoms with Crippen LogP contribution in [0.5, 0.6) is 5.75 Å². The Balaban J connectivity index is 1.60. The van der Waals surface area contributed by atoms with Gasteiger partial charge in [-0.25, -0.2) is 4.98 Å². The minimum atomic E-state index is -4.07. The zero-order valence-electron chi connectivity index (χ0n) is 22.2. The zero-order valence-corrected chi connectivity index (χ0v) is 23.0. The highest BCUT2D eigenvalue weighted by atomic mass is 32.2. The number of pyridine rings is 1. The van der Waals surface area contributed by atoms with Gasteiger partial charge >= 0.3 is 10.1 Å². The van der Waals surface area contributed by atoms with Crippen molar-refractivity contribution >= 4 is 42.8 Å². The second kappa shape index (κ2) is 9.13. The molecule has 0 saturated heterocycles. The molecular formula is C32H28N2O4S. The molecule has 6 aromatic rings. The van der Waals surface area contributed by atoms with Crippen molar-refractivity contribution in [1.29, 1.82) is 0 Å². The maximum atomic E-state index is 13.2. The largest absolute Gasteiger partial charge is 0.408 e. The highest BCUT2D eigenvalue weighted by molar-refractivity contribution is 7.87. The first-order valence-electron chi connectivity index (χ1n) is 12.7. The molecule has 7 heteroatoms. The average Bonchev–Trinajstić information content (AvgIpc) is 3.24. The van der Waals surface area contributed by atoms with Crippen molar-refractivity contribution in [3.05, 3.63) is 103 Å². The molecule has 4 aromatic carbocycles. The first kappa shape index (κ1) is 24.9. The van der Waals surface area contributed by atoms with Gasteiger partial charge in [0, 0.05) is 21.7 Å². The summed E-state index contributed by atoms with van der Waals surface area (Å²) in [5.74, 6) is 0.166. The Morgan fingerprint density at radius 3 is 2.23 bits per heavy atom. The predicted octanol–water partition coefficient (Wildman–Crippen LogP) is 7.31. The number of benzene rings is 4. The smallest absolute Gasteiger partial charge is 0.339 e. The minimum Gasteiger partial charge on any atom is -0.408 e. The van der Waals surface area contributed by atoms with Crippen molar-refractivity contribution in [2.24, 2.45) is 0 Å². The first-order chi connectivity index (χ1) is 18.6. The van der Waals surface area contributed by atoms with Crippen molar-refractivity contribution in [2.75, 3.05) is 0 Å². The average molecular weight is 537 g/mol. The van der Waals surface area contributed by atoms with Gasteiger partial charge in [-0.15, -0.1) is 0 Å². The van der Waals surface area contributed by atoms with Crippen LogP contribution >= 0.6 is 0 Å². The van der Waals surface area contributed by atoms with E-state index in [4.69, 9.17) is 14.0 Å². The van der Waals surface area contributed by atoms with Gasteiger partial charge in [-0.3, -0.25) is 0 Å². The van der Waals surface area contributed by atoms with E-state index in [2.05, 4.69) is 6.07 Å². The Bertz CT molecular complexity index is 1970. The third-order valence-corrected chi connectivity index (χ3v) is 7.71. The monoisotopic (exact) mass is 536 g/mol. The zero-order chi connectivity index (χ0) is 27.4. The van der Waals surface area contributed by atoms with E-state index < -0.39 is 15.7 Å². The van der Waals surface area contributed by atoms with Crippen molar-refractivity contribution in [2.45, 2.75) is 38.2 Å². The van der Waals surface area contributed by atoms with Gasteiger partial charge in [-0.1, -0.05) is 54.1 Å². The molecule has 6 nitrogen and oxygen atoms in total. The summed E-state index contributed by atoms with van der Waals surface area (Å²) in [7, 11) is -4.07. The molecule has 0 atom stereocenters. The van der Waals surface area contributed by atoms with Crippen LogP contribution in [0.1, 0.15) is 26.3 Å². The van der Waals surface area contributed by atoms with E-state index in [1.165, 1.54) is 0 Å². The van der Waals surface area contributed by atoms with Crippen LogP contribution in [-0.2, 0) is 10.1 Å². The molecule has 0 unspecified atom stereocenters. The number of nitrogens with zero attached hydrogens (tertiary/aromatic N) is 2. The standard InChI is InChI=1S/C32H28N2O4S/c1-21-13-15-24(16-14-21)39(35,36)37-30-18-17-25(26-19-22-9-5-7-11-27(22)33-31(26)30)29-20-23-10-6-8-12-28(23)34(29)38-32(2,3)4/h5-20H,1-4H3. The number of aryl methyl sites for hydroxylation is 1. The fraction of sp³-hybridized carbons (Fsp3) is 0.156. The lowest BCUT2D eigenvalue weighted by molar-refractivity contribution is -0.00568. The maximum Gasteiger partial charge on any atom is 0.339 e. The topological polar surface area (TPSA) is 70.4 Å². The Morgan fingerprint density at radius 2 is 1.49 bits per heavy atom. The summed E-state index contributed by atoms with van der Waals surface area (Å²) in [5.41, 5.74) is 4.32. The lowest BCUT2D eigenvalue weighted by atomic mass is 10.0. The van der Waals surface area contributed by atoms with Gasteiger partial charge in [0.15, 0.2) is 5.75 Å². The summed E-state index contributed by atoms with van der Waals surface area (Å²) in [6, 6.07) is 30.0. The third-order valence-electron chi connectivity index (χ3n) is 6.47. The van der Waals surface area contributed by atoms with Crippen molar-refractivity contribution in [3.8, 4) is 17.0 Å². The molecule has 0 amide bonds. The summed E-state index contributed by atoms with van der Waals surface area (Å²) < 4.78 is 34.0. The molecule has 2 aromatic heterocycles. The second-order valence-electron chi connectivity index (χ2n) is 10.6. The van der Waals surface area contributed by atoms with Crippen LogP contribution in [0.15, 0.2) is 102 Å². The summed E-state index contributed by atoms with van der Waals surface area (Å²) in [6.07, 6.45) is 0. The van der Waals surface area contributed by atoms with Crippen molar-refractivity contribution in [3.63, 3.8) is 0 Å². The molecular weight excluding hydrogens is 508 g/mol. The van der Waals surface area contributed by atoms with E-state index in [1.807, 2.05) is 93.1 Å². The second-order valence-corrected chi connectivity index (χ2v) is 12.2. The summed E-state index contributed by atoms with van der Waals surface area (Å²) in [5, 5.41) is 2.72. The van der Waals surface area contributed by atoms with Crippen LogP contribution in [0.2, 0.25) is 0 Å². The van der Waals surface area contributed by atoms with E-state index >= 15 is 0 Å². The lowest BCUT2D eigenvalue weighted by Crippen LogP contribution is -2.31. The number of fused-ring (bicyclic) bond motifs is 3. The van der Waals surface area contributed by atoms with Gasteiger partial charge in [-0.2, -0.15) is 13.1 Å². The van der Waals surface area contributed by atoms with Gasteiger partial charge in [-0.05, 0) is 76.2 Å². The van der Waals surface area contributed by atoms with Crippen LogP contribution in [-0.4, -0.2) is 23.7 Å². The van der Waals surface area contributed by atoms with Gasteiger partial charge in [0.1, 0.15) is 16.0 Å². The van der Waals surface area contributed by atoms with Crippen LogP contribution in [0, 0.1) is 6.92 Å². The van der Waals surface area contributed by atoms with Crippen LogP contribution < -0.4 is 9.02 Å². The molecule has 0 spiro atoms. The van der Waals surface area contributed by atoms with Crippen LogP contribution in [0.4, 0.5) is 0 Å². The Hall–Kier alpha value is -4.36. The number of aromatic nitrogens is 2. The molecule has 0 aliphatic carbocycles. The Labute approximate surface area is 227 Å². The Kier molecular flexibility index (Phi) is 5.84. The summed E-state index contributed by atoms with van der Waals surface area (Å²) >= 11 is 0. The molecule has 0 bridgehead atoms. The van der Waals surface area contributed by atoms with E-state index in [0.29, 0.717) is 5.52 Å². The quantitative estimate of drug-likeness (QED) is 0.171. The van der Waals surface area contributed by atoms with Crippen LogP contribution in [0.3, 0.4) is 0 Å². The Morgan fingerprint density at radius 1 is 0.795 bits per heavy atom. The SMILES string of the molecule is Cc1ccc(S(=O)(=O)Oc2ccc(-c3cc4ccccc4n3OC(C)(C)C)c3cc4ccccc4nc23)cc1. The van der Waals surface area contributed by atoms with E-state index in [1.54, 1.807) is 30.3 Å². The maximum absolute atomic E-state index is 13.2. The van der Waals surface area contributed by atoms with E-state index in [9.17, 15) is 8.42 Å². The molecule has 0 aliphatic rings. The highest BCUT2D eigenvalue weighted by Crippen LogP contribution is 2.38. The van der Waals surface area contributed by atoms with Crippen molar-refractivity contribution < 1.29 is 17.4 Å². The number of para-hydroxylation sites is 2. The molecule has 0 saturated carbocycles. The van der Waals surface area contributed by atoms with E-state index in [-0.39, 0.29) is 10.6 Å². The number of hydrogen-bond donors (Lipinski definition) is 0. The molecule has 0 fully saturated rings. The molecule has 0 N–H and O–H groups in total. The third kappa shape index (κ3) is 4.70. The number of hydrogen-bond acceptors (Lipinski definition) is 5. The summed E-state index contributed by atoms with van der Waals surface area (Å²) in [6.45, 7) is 7.92. The summed E-state index contributed by atoms with van der Waals surface area (Å²) in [4.78, 5) is 11.4. The molecule has 0 aliphatic heterocycles. The minimum absolute atomic E-state index is 0.0878. The molecule has 6 rings (SSSR count). The van der Waals surface area contributed by atoms with Gasteiger partial charge in [0.05, 0.1) is 16.7 Å². The predicted molar refractivity (Wildman–Crippen MR) is 156 cm³/mol. The van der Waals surface area contributed by atoms with Gasteiger partial charge < -0.3 is 9.02 Å². The molecule has 2 heterocycles.